The summed E-state index contributed by atoms with van der Waals surface area (Å²) in [6.45, 7) is 6.99. The number of rotatable bonds is 6. The molecule has 1 amide bonds. The van der Waals surface area contributed by atoms with Gasteiger partial charge in [-0.25, -0.2) is 0 Å². The van der Waals surface area contributed by atoms with E-state index in [9.17, 15) is 4.79 Å². The van der Waals surface area contributed by atoms with Crippen LogP contribution in [0.4, 0.5) is 0 Å². The number of ether oxygens (including phenoxy) is 1. The lowest BCUT2D eigenvalue weighted by Crippen LogP contribution is -2.45. The van der Waals surface area contributed by atoms with E-state index in [1.54, 1.807) is 0 Å². The quantitative estimate of drug-likeness (QED) is 0.812. The zero-order valence-corrected chi connectivity index (χ0v) is 16.8. The van der Waals surface area contributed by atoms with Gasteiger partial charge in [-0.05, 0) is 56.0 Å². The molecule has 0 spiro atoms. The maximum atomic E-state index is 12.2. The minimum atomic E-state index is -0.0499. The van der Waals surface area contributed by atoms with Gasteiger partial charge in [0, 0.05) is 30.7 Å². The fourth-order valence-corrected chi connectivity index (χ4v) is 3.58. The van der Waals surface area contributed by atoms with Gasteiger partial charge < -0.3 is 10.1 Å². The smallest absolute Gasteiger partial charge is 0.258 e. The van der Waals surface area contributed by atoms with Gasteiger partial charge in [0.1, 0.15) is 5.75 Å². The number of hydrogen-bond donors (Lipinski definition) is 1. The predicted octanol–water partition coefficient (Wildman–Crippen LogP) is 4.12. The molecule has 27 heavy (non-hydrogen) atoms. The van der Waals surface area contributed by atoms with Gasteiger partial charge in [0.25, 0.3) is 5.91 Å². The van der Waals surface area contributed by atoms with Crippen LogP contribution < -0.4 is 10.1 Å². The van der Waals surface area contributed by atoms with Crippen molar-refractivity contribution in [1.82, 2.24) is 10.2 Å². The van der Waals surface area contributed by atoms with E-state index >= 15 is 0 Å². The first kappa shape index (κ1) is 19.7. The Labute approximate surface area is 166 Å². The van der Waals surface area contributed by atoms with E-state index in [1.807, 2.05) is 38.1 Å². The highest BCUT2D eigenvalue weighted by Gasteiger charge is 2.21. The molecule has 1 heterocycles. The molecule has 2 aromatic carbocycles. The summed E-state index contributed by atoms with van der Waals surface area (Å²) in [5.74, 6) is 0.722. The van der Waals surface area contributed by atoms with Gasteiger partial charge in [-0.15, -0.1) is 0 Å². The highest BCUT2D eigenvalue weighted by molar-refractivity contribution is 6.30. The lowest BCUT2D eigenvalue weighted by atomic mass is 10.0. The SMILES string of the molecule is Cc1ccc(OCC(=O)NC2CCN(Cc3ccc(Cl)cc3)CC2)c(C)c1. The molecule has 1 saturated heterocycles. The van der Waals surface area contributed by atoms with E-state index in [0.29, 0.717) is 0 Å². The number of benzene rings is 2. The van der Waals surface area contributed by atoms with Gasteiger partial charge >= 0.3 is 0 Å². The van der Waals surface area contributed by atoms with Crippen molar-refractivity contribution in [1.29, 1.82) is 0 Å². The summed E-state index contributed by atoms with van der Waals surface area (Å²) in [5, 5.41) is 3.87. The summed E-state index contributed by atoms with van der Waals surface area (Å²) >= 11 is 5.94. The summed E-state index contributed by atoms with van der Waals surface area (Å²) < 4.78 is 5.67. The van der Waals surface area contributed by atoms with E-state index in [4.69, 9.17) is 16.3 Å². The van der Waals surface area contributed by atoms with Crippen LogP contribution in [0.25, 0.3) is 0 Å². The average molecular weight is 387 g/mol. The summed E-state index contributed by atoms with van der Waals surface area (Å²) in [6.07, 6.45) is 1.92. The second-order valence-corrected chi connectivity index (χ2v) is 7.74. The molecule has 1 fully saturated rings. The maximum absolute atomic E-state index is 12.2. The van der Waals surface area contributed by atoms with Crippen molar-refractivity contribution in [3.05, 3.63) is 64.2 Å². The number of hydrogen-bond acceptors (Lipinski definition) is 3. The number of piperidine rings is 1. The highest BCUT2D eigenvalue weighted by Crippen LogP contribution is 2.19. The number of halogens is 1. The summed E-state index contributed by atoms with van der Waals surface area (Å²) in [4.78, 5) is 14.6. The molecule has 5 heteroatoms. The zero-order valence-electron chi connectivity index (χ0n) is 16.0. The van der Waals surface area contributed by atoms with Crippen molar-refractivity contribution in [3.8, 4) is 5.75 Å². The van der Waals surface area contributed by atoms with Crippen LogP contribution in [0.2, 0.25) is 5.02 Å². The zero-order chi connectivity index (χ0) is 19.2. The fraction of sp³-hybridized carbons (Fsp3) is 0.409. The van der Waals surface area contributed by atoms with Crippen LogP contribution in [0.5, 0.6) is 5.75 Å². The molecule has 2 aromatic rings. The summed E-state index contributed by atoms with van der Waals surface area (Å²) in [5.41, 5.74) is 3.51. The Bertz CT molecular complexity index is 768. The molecular formula is C22H27ClN2O2. The molecule has 0 atom stereocenters. The first-order valence-corrected chi connectivity index (χ1v) is 9.83. The second-order valence-electron chi connectivity index (χ2n) is 7.30. The third kappa shape index (κ3) is 5.98. The number of carbonyl (C=O) groups excluding carboxylic acids is 1. The minimum absolute atomic E-state index is 0.0499. The Balaban J connectivity index is 1.39. The molecule has 1 aliphatic rings. The van der Waals surface area contributed by atoms with Crippen molar-refractivity contribution in [3.63, 3.8) is 0 Å². The Morgan fingerprint density at radius 1 is 1.15 bits per heavy atom. The van der Waals surface area contributed by atoms with E-state index in [0.717, 1.165) is 48.8 Å². The highest BCUT2D eigenvalue weighted by atomic mass is 35.5. The number of likely N-dealkylation sites (tertiary alicyclic amines) is 1. The van der Waals surface area contributed by atoms with Crippen LogP contribution in [0.15, 0.2) is 42.5 Å². The van der Waals surface area contributed by atoms with Gasteiger partial charge in [0.15, 0.2) is 6.61 Å². The number of nitrogens with zero attached hydrogens (tertiary/aromatic N) is 1. The average Bonchev–Trinajstić information content (AvgIpc) is 2.64. The lowest BCUT2D eigenvalue weighted by Gasteiger charge is -2.32. The van der Waals surface area contributed by atoms with Crippen LogP contribution in [0.1, 0.15) is 29.5 Å². The number of nitrogens with one attached hydrogen (secondary N) is 1. The van der Waals surface area contributed by atoms with Gasteiger partial charge in [-0.2, -0.15) is 0 Å². The van der Waals surface area contributed by atoms with Crippen molar-refractivity contribution in [2.24, 2.45) is 0 Å². The Morgan fingerprint density at radius 3 is 2.52 bits per heavy atom. The van der Waals surface area contributed by atoms with Crippen LogP contribution in [0, 0.1) is 13.8 Å². The van der Waals surface area contributed by atoms with Crippen molar-refractivity contribution in [2.75, 3.05) is 19.7 Å². The number of carbonyl (C=O) groups is 1. The molecule has 1 aliphatic heterocycles. The van der Waals surface area contributed by atoms with Gasteiger partial charge in [0.05, 0.1) is 0 Å². The Morgan fingerprint density at radius 2 is 1.85 bits per heavy atom. The fourth-order valence-electron chi connectivity index (χ4n) is 3.46. The Kier molecular flexibility index (Phi) is 6.75. The molecule has 144 valence electrons. The molecule has 4 nitrogen and oxygen atoms in total. The predicted molar refractivity (Wildman–Crippen MR) is 109 cm³/mol. The maximum Gasteiger partial charge on any atom is 0.258 e. The van der Waals surface area contributed by atoms with E-state index in [2.05, 4.69) is 28.4 Å². The van der Waals surface area contributed by atoms with Crippen LogP contribution in [-0.2, 0) is 11.3 Å². The molecular weight excluding hydrogens is 360 g/mol. The van der Waals surface area contributed by atoms with Crippen LogP contribution in [-0.4, -0.2) is 36.5 Å². The third-order valence-electron chi connectivity index (χ3n) is 4.96. The third-order valence-corrected chi connectivity index (χ3v) is 5.21. The second kappa shape index (κ2) is 9.25. The molecule has 0 saturated carbocycles. The van der Waals surface area contributed by atoms with Gasteiger partial charge in [-0.3, -0.25) is 9.69 Å². The van der Waals surface area contributed by atoms with Crippen molar-refractivity contribution >= 4 is 17.5 Å². The topological polar surface area (TPSA) is 41.6 Å². The van der Waals surface area contributed by atoms with Crippen LogP contribution in [0.3, 0.4) is 0 Å². The summed E-state index contributed by atoms with van der Waals surface area (Å²) in [6, 6.07) is 14.2. The van der Waals surface area contributed by atoms with Crippen molar-refractivity contribution < 1.29 is 9.53 Å². The summed E-state index contributed by atoms with van der Waals surface area (Å²) in [7, 11) is 0. The first-order chi connectivity index (χ1) is 13.0. The minimum Gasteiger partial charge on any atom is -0.484 e. The first-order valence-electron chi connectivity index (χ1n) is 9.46. The normalized spacial score (nSPS) is 15.5. The molecule has 0 unspecified atom stereocenters. The standard InChI is InChI=1S/C22H27ClN2O2/c1-16-3-8-21(17(2)13-16)27-15-22(26)24-20-9-11-25(12-10-20)14-18-4-6-19(23)7-5-18/h3-8,13,20H,9-12,14-15H2,1-2H3,(H,24,26). The van der Waals surface area contributed by atoms with Gasteiger partial charge in [-0.1, -0.05) is 41.4 Å². The number of aryl methyl sites for hydroxylation is 2. The van der Waals surface area contributed by atoms with Gasteiger partial charge in [0.2, 0.25) is 0 Å². The number of amides is 1. The van der Waals surface area contributed by atoms with E-state index in [-0.39, 0.29) is 18.6 Å². The largest absolute Gasteiger partial charge is 0.484 e. The molecule has 0 radical (unpaired) electrons. The monoisotopic (exact) mass is 386 g/mol. The molecule has 0 aliphatic carbocycles. The molecule has 1 N–H and O–H groups in total. The van der Waals surface area contributed by atoms with Crippen molar-refractivity contribution in [2.45, 2.75) is 39.3 Å². The Hall–Kier alpha value is -2.04. The molecule has 0 bridgehead atoms. The molecule has 3 rings (SSSR count). The van der Waals surface area contributed by atoms with Crippen LogP contribution >= 0.6 is 11.6 Å². The van der Waals surface area contributed by atoms with E-state index in [1.165, 1.54) is 11.1 Å². The van der Waals surface area contributed by atoms with E-state index < -0.39 is 0 Å². The molecule has 0 aromatic heterocycles. The lowest BCUT2D eigenvalue weighted by molar-refractivity contribution is -0.124.